The van der Waals surface area contributed by atoms with Crippen LogP contribution in [0.25, 0.3) is 22.2 Å². The number of piperidine rings is 1. The van der Waals surface area contributed by atoms with E-state index in [-0.39, 0.29) is 17.8 Å². The second-order valence-electron chi connectivity index (χ2n) is 9.03. The van der Waals surface area contributed by atoms with Gasteiger partial charge < -0.3 is 19.4 Å². The van der Waals surface area contributed by atoms with Gasteiger partial charge in [-0.2, -0.15) is 0 Å². The Kier molecular flexibility index (Phi) is 6.89. The molecule has 186 valence electrons. The number of aromatic nitrogens is 1. The Morgan fingerprint density at radius 2 is 1.78 bits per heavy atom. The van der Waals surface area contributed by atoms with Crippen LogP contribution in [0.2, 0.25) is 0 Å². The molecule has 1 aromatic heterocycles. The predicted molar refractivity (Wildman–Crippen MR) is 135 cm³/mol. The van der Waals surface area contributed by atoms with Gasteiger partial charge in [-0.3, -0.25) is 4.79 Å². The monoisotopic (exact) mass is 490 g/mol. The number of nitrogens with zero attached hydrogens (tertiary/aromatic N) is 1. The lowest BCUT2D eigenvalue weighted by Crippen LogP contribution is -2.41. The van der Waals surface area contributed by atoms with E-state index in [0.29, 0.717) is 38.8 Å². The SMILES string of the molecule is COc1ccc(-c2[nH]c3ccccc3c2CCC(=O)N2CCC(Oc3ccc(F)cc3F)CC2)cc1. The van der Waals surface area contributed by atoms with E-state index >= 15 is 0 Å². The molecule has 7 heteroatoms. The molecule has 36 heavy (non-hydrogen) atoms. The smallest absolute Gasteiger partial charge is 0.222 e. The lowest BCUT2D eigenvalue weighted by Gasteiger charge is -2.32. The van der Waals surface area contributed by atoms with Crippen LogP contribution in [0.3, 0.4) is 0 Å². The number of aromatic amines is 1. The Morgan fingerprint density at radius 1 is 1.03 bits per heavy atom. The highest BCUT2D eigenvalue weighted by molar-refractivity contribution is 5.91. The zero-order chi connectivity index (χ0) is 25.1. The van der Waals surface area contributed by atoms with Crippen molar-refractivity contribution < 1.29 is 23.0 Å². The molecule has 2 heterocycles. The minimum Gasteiger partial charge on any atom is -0.497 e. The molecule has 3 aromatic carbocycles. The molecule has 1 fully saturated rings. The van der Waals surface area contributed by atoms with Crippen LogP contribution >= 0.6 is 0 Å². The van der Waals surface area contributed by atoms with Gasteiger partial charge in [0.25, 0.3) is 0 Å². The topological polar surface area (TPSA) is 54.6 Å². The maximum absolute atomic E-state index is 13.9. The molecule has 1 aliphatic heterocycles. The molecule has 4 aromatic rings. The Morgan fingerprint density at radius 3 is 2.50 bits per heavy atom. The van der Waals surface area contributed by atoms with Gasteiger partial charge in [0, 0.05) is 55.0 Å². The molecule has 0 bridgehead atoms. The Hall–Kier alpha value is -3.87. The summed E-state index contributed by atoms with van der Waals surface area (Å²) in [5, 5.41) is 1.12. The molecular formula is C29H28F2N2O3. The lowest BCUT2D eigenvalue weighted by molar-refractivity contribution is -0.132. The molecule has 5 nitrogen and oxygen atoms in total. The van der Waals surface area contributed by atoms with E-state index in [0.717, 1.165) is 39.5 Å². The molecule has 0 unspecified atom stereocenters. The Labute approximate surface area is 208 Å². The molecule has 0 spiro atoms. The number of methoxy groups -OCH3 is 1. The molecule has 5 rings (SSSR count). The zero-order valence-electron chi connectivity index (χ0n) is 20.1. The van der Waals surface area contributed by atoms with E-state index in [2.05, 4.69) is 11.1 Å². The maximum atomic E-state index is 13.9. The van der Waals surface area contributed by atoms with Crippen molar-refractivity contribution in [3.63, 3.8) is 0 Å². The van der Waals surface area contributed by atoms with Crippen molar-refractivity contribution in [1.82, 2.24) is 9.88 Å². The quantitative estimate of drug-likeness (QED) is 0.339. The van der Waals surface area contributed by atoms with Crippen molar-refractivity contribution >= 4 is 16.8 Å². The summed E-state index contributed by atoms with van der Waals surface area (Å²) < 4.78 is 38.1. The first kappa shape index (κ1) is 23.9. The van der Waals surface area contributed by atoms with Crippen LogP contribution < -0.4 is 9.47 Å². The fourth-order valence-corrected chi connectivity index (χ4v) is 4.83. The van der Waals surface area contributed by atoms with E-state index in [4.69, 9.17) is 9.47 Å². The highest BCUT2D eigenvalue weighted by Gasteiger charge is 2.25. The summed E-state index contributed by atoms with van der Waals surface area (Å²) in [6.45, 7) is 1.09. The van der Waals surface area contributed by atoms with Crippen molar-refractivity contribution in [2.45, 2.75) is 31.8 Å². The molecule has 1 amide bonds. The second kappa shape index (κ2) is 10.4. The fourth-order valence-electron chi connectivity index (χ4n) is 4.83. The van der Waals surface area contributed by atoms with E-state index in [1.54, 1.807) is 7.11 Å². The number of benzene rings is 3. The number of carbonyl (C=O) groups is 1. The summed E-state index contributed by atoms with van der Waals surface area (Å²) >= 11 is 0. The van der Waals surface area contributed by atoms with Gasteiger partial charge in [-0.05, 0) is 60.0 Å². The summed E-state index contributed by atoms with van der Waals surface area (Å²) in [6.07, 6.45) is 2.01. The number of hydrogen-bond donors (Lipinski definition) is 1. The van der Waals surface area contributed by atoms with Gasteiger partial charge in [0.2, 0.25) is 5.91 Å². The number of carbonyl (C=O) groups excluding carboxylic acids is 1. The highest BCUT2D eigenvalue weighted by Crippen LogP contribution is 2.32. The zero-order valence-corrected chi connectivity index (χ0v) is 20.1. The van der Waals surface area contributed by atoms with E-state index in [1.165, 1.54) is 12.1 Å². The normalized spacial score (nSPS) is 14.2. The number of hydrogen-bond acceptors (Lipinski definition) is 3. The van der Waals surface area contributed by atoms with E-state index in [1.807, 2.05) is 47.4 Å². The Bertz CT molecular complexity index is 1360. The van der Waals surface area contributed by atoms with Crippen LogP contribution in [0.1, 0.15) is 24.8 Å². The molecule has 0 atom stereocenters. The number of H-pyrrole nitrogens is 1. The van der Waals surface area contributed by atoms with Crippen molar-refractivity contribution in [2.24, 2.45) is 0 Å². The molecular weight excluding hydrogens is 462 g/mol. The van der Waals surface area contributed by atoms with E-state index in [9.17, 15) is 13.6 Å². The van der Waals surface area contributed by atoms with Crippen LogP contribution in [0.5, 0.6) is 11.5 Å². The number of aryl methyl sites for hydroxylation is 1. The molecule has 1 aliphatic rings. The number of fused-ring (bicyclic) bond motifs is 1. The molecule has 1 N–H and O–H groups in total. The maximum Gasteiger partial charge on any atom is 0.222 e. The number of ether oxygens (including phenoxy) is 2. The van der Waals surface area contributed by atoms with E-state index < -0.39 is 11.6 Å². The summed E-state index contributed by atoms with van der Waals surface area (Å²) in [5.74, 6) is -0.411. The van der Waals surface area contributed by atoms with Gasteiger partial charge in [0.15, 0.2) is 11.6 Å². The average molecular weight is 491 g/mol. The first-order valence-electron chi connectivity index (χ1n) is 12.2. The first-order valence-corrected chi connectivity index (χ1v) is 12.2. The van der Waals surface area contributed by atoms with Crippen molar-refractivity contribution in [2.75, 3.05) is 20.2 Å². The third-order valence-electron chi connectivity index (χ3n) is 6.76. The average Bonchev–Trinajstić information content (AvgIpc) is 3.28. The number of amides is 1. The third kappa shape index (κ3) is 5.05. The second-order valence-corrected chi connectivity index (χ2v) is 9.03. The lowest BCUT2D eigenvalue weighted by atomic mass is 10.00. The molecule has 0 radical (unpaired) electrons. The van der Waals surface area contributed by atoms with Crippen molar-refractivity contribution in [3.05, 3.63) is 83.9 Å². The fraction of sp³-hybridized carbons (Fsp3) is 0.276. The largest absolute Gasteiger partial charge is 0.497 e. The summed E-state index contributed by atoms with van der Waals surface area (Å²) in [4.78, 5) is 18.4. The standard InChI is InChI=1S/C29H28F2N2O3/c1-35-21-9-6-19(7-10-21)29-24(23-4-2-3-5-26(23)32-29)11-13-28(34)33-16-14-22(15-17-33)36-27-12-8-20(30)18-25(27)31/h2-10,12,18,22,32H,11,13-17H2,1H3. The van der Waals surface area contributed by atoms with Gasteiger partial charge in [-0.1, -0.05) is 18.2 Å². The van der Waals surface area contributed by atoms with Gasteiger partial charge in [0.1, 0.15) is 17.7 Å². The van der Waals surface area contributed by atoms with Gasteiger partial charge in [-0.15, -0.1) is 0 Å². The number of para-hydroxylation sites is 1. The first-order chi connectivity index (χ1) is 17.5. The van der Waals surface area contributed by atoms with Crippen LogP contribution in [-0.4, -0.2) is 42.1 Å². The minimum absolute atomic E-state index is 0.0478. The number of nitrogens with one attached hydrogen (secondary N) is 1. The number of rotatable bonds is 7. The minimum atomic E-state index is -0.708. The van der Waals surface area contributed by atoms with Gasteiger partial charge >= 0.3 is 0 Å². The van der Waals surface area contributed by atoms with Crippen LogP contribution in [0.4, 0.5) is 8.78 Å². The summed E-state index contributed by atoms with van der Waals surface area (Å²) in [5.41, 5.74) is 4.21. The number of halogens is 2. The van der Waals surface area contributed by atoms with Gasteiger partial charge in [0.05, 0.1) is 7.11 Å². The van der Waals surface area contributed by atoms with Crippen molar-refractivity contribution in [1.29, 1.82) is 0 Å². The molecule has 0 saturated carbocycles. The number of likely N-dealkylation sites (tertiary alicyclic amines) is 1. The predicted octanol–water partition coefficient (Wildman–Crippen LogP) is 6.12. The van der Waals surface area contributed by atoms with Crippen LogP contribution in [0, 0.1) is 11.6 Å². The summed E-state index contributed by atoms with van der Waals surface area (Å²) in [6, 6.07) is 19.3. The highest BCUT2D eigenvalue weighted by atomic mass is 19.1. The van der Waals surface area contributed by atoms with Crippen molar-refractivity contribution in [3.8, 4) is 22.8 Å². The summed E-state index contributed by atoms with van der Waals surface area (Å²) in [7, 11) is 1.64. The third-order valence-corrected chi connectivity index (χ3v) is 6.76. The van der Waals surface area contributed by atoms with Gasteiger partial charge in [-0.25, -0.2) is 8.78 Å². The van der Waals surface area contributed by atoms with Crippen LogP contribution in [0.15, 0.2) is 66.7 Å². The molecule has 0 aliphatic carbocycles. The Balaban J connectivity index is 1.24. The molecule has 1 saturated heterocycles. The van der Waals surface area contributed by atoms with Crippen LogP contribution in [-0.2, 0) is 11.2 Å².